The van der Waals surface area contributed by atoms with E-state index in [0.29, 0.717) is 18.7 Å². The van der Waals surface area contributed by atoms with E-state index in [2.05, 4.69) is 5.32 Å². The number of amides is 1. The number of hydrogen-bond donors (Lipinski definition) is 1. The highest BCUT2D eigenvalue weighted by molar-refractivity contribution is 5.83. The van der Waals surface area contributed by atoms with Crippen molar-refractivity contribution in [2.75, 3.05) is 6.54 Å². The molecule has 1 saturated carbocycles. The van der Waals surface area contributed by atoms with Crippen LogP contribution >= 0.6 is 0 Å². The van der Waals surface area contributed by atoms with Crippen molar-refractivity contribution in [3.05, 3.63) is 0 Å². The van der Waals surface area contributed by atoms with Gasteiger partial charge >= 0.3 is 6.09 Å². The molecular weight excluding hydrogens is 206 g/mol. The van der Waals surface area contributed by atoms with E-state index in [9.17, 15) is 9.59 Å². The summed E-state index contributed by atoms with van der Waals surface area (Å²) in [4.78, 5) is 22.7. The van der Waals surface area contributed by atoms with Crippen LogP contribution in [0.4, 0.5) is 4.79 Å². The van der Waals surface area contributed by atoms with E-state index in [0.717, 1.165) is 6.42 Å². The highest BCUT2D eigenvalue weighted by atomic mass is 16.6. The molecule has 0 spiro atoms. The fourth-order valence-electron chi connectivity index (χ4n) is 1.88. The van der Waals surface area contributed by atoms with Crippen LogP contribution in [-0.4, -0.2) is 24.0 Å². The van der Waals surface area contributed by atoms with Gasteiger partial charge in [0.15, 0.2) is 0 Å². The summed E-state index contributed by atoms with van der Waals surface area (Å²) in [5.74, 6) is 0.631. The molecule has 0 aromatic rings. The molecule has 1 amide bonds. The maximum absolute atomic E-state index is 11.4. The van der Waals surface area contributed by atoms with Crippen molar-refractivity contribution < 1.29 is 14.3 Å². The van der Waals surface area contributed by atoms with Gasteiger partial charge in [-0.1, -0.05) is 6.92 Å². The summed E-state index contributed by atoms with van der Waals surface area (Å²) < 4.78 is 5.12. The van der Waals surface area contributed by atoms with Crippen LogP contribution in [0.2, 0.25) is 0 Å². The molecule has 4 nitrogen and oxygen atoms in total. The second kappa shape index (κ2) is 4.85. The van der Waals surface area contributed by atoms with Crippen molar-refractivity contribution in [1.82, 2.24) is 5.32 Å². The van der Waals surface area contributed by atoms with Crippen LogP contribution in [0.1, 0.15) is 40.5 Å². The topological polar surface area (TPSA) is 55.4 Å². The number of nitrogens with one attached hydrogen (secondary N) is 1. The molecule has 1 aliphatic carbocycles. The van der Waals surface area contributed by atoms with Crippen LogP contribution in [0, 0.1) is 11.8 Å². The molecule has 2 unspecified atom stereocenters. The standard InChI is InChI=1S/C12H21NO3/c1-8-9(5-6-10(8)14)7-13-11(15)16-12(2,3)4/h8-9H,5-7H2,1-4H3,(H,13,15). The quantitative estimate of drug-likeness (QED) is 0.786. The van der Waals surface area contributed by atoms with Crippen molar-refractivity contribution in [2.45, 2.75) is 46.1 Å². The normalized spacial score (nSPS) is 25.6. The minimum Gasteiger partial charge on any atom is -0.444 e. The Bertz CT molecular complexity index is 280. The van der Waals surface area contributed by atoms with Crippen molar-refractivity contribution in [3.8, 4) is 0 Å². The predicted octanol–water partition coefficient (Wildman–Crippen LogP) is 2.13. The minimum atomic E-state index is -0.471. The van der Waals surface area contributed by atoms with Gasteiger partial charge in [-0.25, -0.2) is 4.79 Å². The molecule has 0 heterocycles. The highest BCUT2D eigenvalue weighted by Crippen LogP contribution is 2.27. The predicted molar refractivity (Wildman–Crippen MR) is 61.1 cm³/mol. The molecule has 0 aromatic heterocycles. The second-order valence-electron chi connectivity index (χ2n) is 5.44. The van der Waals surface area contributed by atoms with Gasteiger partial charge in [-0.15, -0.1) is 0 Å². The van der Waals surface area contributed by atoms with Crippen LogP contribution in [0.25, 0.3) is 0 Å². The lowest BCUT2D eigenvalue weighted by Crippen LogP contribution is -2.36. The maximum Gasteiger partial charge on any atom is 0.407 e. The first kappa shape index (κ1) is 13.0. The summed E-state index contributed by atoms with van der Waals surface area (Å²) in [6, 6.07) is 0. The number of carbonyl (C=O) groups is 2. The third kappa shape index (κ3) is 3.83. The molecule has 1 rings (SSSR count). The largest absolute Gasteiger partial charge is 0.444 e. The fraction of sp³-hybridized carbons (Fsp3) is 0.833. The summed E-state index contributed by atoms with van der Waals surface area (Å²) in [5.41, 5.74) is -0.471. The van der Waals surface area contributed by atoms with Gasteiger partial charge in [-0.05, 0) is 33.1 Å². The van der Waals surface area contributed by atoms with Crippen LogP contribution in [-0.2, 0) is 9.53 Å². The minimum absolute atomic E-state index is 0.0648. The van der Waals surface area contributed by atoms with Gasteiger partial charge in [0.05, 0.1) is 0 Å². The second-order valence-corrected chi connectivity index (χ2v) is 5.44. The van der Waals surface area contributed by atoms with Crippen LogP contribution in [0.15, 0.2) is 0 Å². The summed E-state index contributed by atoms with van der Waals surface area (Å²) in [7, 11) is 0. The summed E-state index contributed by atoms with van der Waals surface area (Å²) in [6.07, 6.45) is 1.11. The number of rotatable bonds is 2. The number of ketones is 1. The van der Waals surface area contributed by atoms with Gasteiger partial charge in [-0.3, -0.25) is 4.79 Å². The zero-order valence-corrected chi connectivity index (χ0v) is 10.5. The molecule has 16 heavy (non-hydrogen) atoms. The molecule has 1 fully saturated rings. The summed E-state index contributed by atoms with van der Waals surface area (Å²) in [5, 5.41) is 2.72. The Morgan fingerprint density at radius 3 is 2.56 bits per heavy atom. The summed E-state index contributed by atoms with van der Waals surface area (Å²) in [6.45, 7) is 7.94. The Balaban J connectivity index is 2.30. The molecule has 0 aromatic carbocycles. The zero-order chi connectivity index (χ0) is 12.3. The van der Waals surface area contributed by atoms with Crippen LogP contribution < -0.4 is 5.32 Å². The van der Waals surface area contributed by atoms with Gasteiger partial charge in [0.2, 0.25) is 0 Å². The van der Waals surface area contributed by atoms with Crippen molar-refractivity contribution in [2.24, 2.45) is 11.8 Å². The van der Waals surface area contributed by atoms with Crippen molar-refractivity contribution in [3.63, 3.8) is 0 Å². The summed E-state index contributed by atoms with van der Waals surface area (Å²) >= 11 is 0. The lowest BCUT2D eigenvalue weighted by molar-refractivity contribution is -0.120. The van der Waals surface area contributed by atoms with Gasteiger partial charge in [0.1, 0.15) is 11.4 Å². The van der Waals surface area contributed by atoms with E-state index >= 15 is 0 Å². The van der Waals surface area contributed by atoms with Gasteiger partial charge in [-0.2, -0.15) is 0 Å². The molecule has 1 N–H and O–H groups in total. The van der Waals surface area contributed by atoms with E-state index < -0.39 is 11.7 Å². The molecule has 0 aliphatic heterocycles. The van der Waals surface area contributed by atoms with Gasteiger partial charge in [0, 0.05) is 18.9 Å². The number of alkyl carbamates (subject to hydrolysis) is 1. The number of ether oxygens (including phenoxy) is 1. The highest BCUT2D eigenvalue weighted by Gasteiger charge is 2.31. The van der Waals surface area contributed by atoms with E-state index in [4.69, 9.17) is 4.74 Å². The molecule has 92 valence electrons. The fourth-order valence-corrected chi connectivity index (χ4v) is 1.88. The molecule has 0 saturated heterocycles. The smallest absolute Gasteiger partial charge is 0.407 e. The Kier molecular flexibility index (Phi) is 3.94. The van der Waals surface area contributed by atoms with Gasteiger partial charge in [0.25, 0.3) is 0 Å². The lowest BCUT2D eigenvalue weighted by Gasteiger charge is -2.21. The first-order valence-corrected chi connectivity index (χ1v) is 5.79. The number of Topliss-reactive ketones (excluding diaryl/α,β-unsaturated/α-hetero) is 1. The van der Waals surface area contributed by atoms with Crippen LogP contribution in [0.3, 0.4) is 0 Å². The molecule has 0 bridgehead atoms. The number of carbonyl (C=O) groups excluding carboxylic acids is 2. The lowest BCUT2D eigenvalue weighted by atomic mass is 9.98. The molecule has 4 heteroatoms. The first-order valence-electron chi connectivity index (χ1n) is 5.79. The average Bonchev–Trinajstić information content (AvgIpc) is 2.42. The zero-order valence-electron chi connectivity index (χ0n) is 10.5. The Labute approximate surface area is 96.7 Å². The third-order valence-electron chi connectivity index (χ3n) is 2.88. The average molecular weight is 227 g/mol. The monoisotopic (exact) mass is 227 g/mol. The van der Waals surface area contributed by atoms with Crippen molar-refractivity contribution in [1.29, 1.82) is 0 Å². The molecule has 1 aliphatic rings. The van der Waals surface area contributed by atoms with E-state index in [-0.39, 0.29) is 11.8 Å². The SMILES string of the molecule is CC1C(=O)CCC1CNC(=O)OC(C)(C)C. The van der Waals surface area contributed by atoms with Crippen molar-refractivity contribution >= 4 is 11.9 Å². The van der Waals surface area contributed by atoms with Gasteiger partial charge < -0.3 is 10.1 Å². The Hall–Kier alpha value is -1.06. The Morgan fingerprint density at radius 2 is 2.12 bits per heavy atom. The first-order chi connectivity index (χ1) is 7.29. The Morgan fingerprint density at radius 1 is 1.50 bits per heavy atom. The van der Waals surface area contributed by atoms with Crippen LogP contribution in [0.5, 0.6) is 0 Å². The molecule has 0 radical (unpaired) electrons. The third-order valence-corrected chi connectivity index (χ3v) is 2.88. The molecular formula is C12H21NO3. The molecule has 2 atom stereocenters. The number of hydrogen-bond acceptors (Lipinski definition) is 3. The van der Waals surface area contributed by atoms with E-state index in [1.807, 2.05) is 27.7 Å². The van der Waals surface area contributed by atoms with E-state index in [1.54, 1.807) is 0 Å². The maximum atomic E-state index is 11.4. The van der Waals surface area contributed by atoms with E-state index in [1.165, 1.54) is 0 Å².